The lowest BCUT2D eigenvalue weighted by molar-refractivity contribution is 0.665. The Morgan fingerprint density at radius 2 is 2.15 bits per heavy atom. The van der Waals surface area contributed by atoms with Crippen molar-refractivity contribution in [3.05, 3.63) is 5.15 Å². The second-order valence-electron chi connectivity index (χ2n) is 3.17. The minimum Gasteiger partial charge on any atom is -0.351 e. The summed E-state index contributed by atoms with van der Waals surface area (Å²) in [6.07, 6.45) is 1.09. The summed E-state index contributed by atoms with van der Waals surface area (Å²) in [4.78, 5) is 2.17. The molecule has 1 aromatic heterocycles. The molecule has 0 saturated carbocycles. The van der Waals surface area contributed by atoms with Gasteiger partial charge in [0.25, 0.3) is 0 Å². The van der Waals surface area contributed by atoms with E-state index in [1.807, 2.05) is 0 Å². The smallest absolute Gasteiger partial charge is 0.187 e. The molecule has 0 bridgehead atoms. The normalized spacial score (nSPS) is 10.8. The number of rotatable bonds is 4. The molecule has 0 aliphatic rings. The lowest BCUT2D eigenvalue weighted by Gasteiger charge is -2.25. The summed E-state index contributed by atoms with van der Waals surface area (Å²) >= 11 is 7.07. The molecule has 5 heteroatoms. The first-order valence-corrected chi connectivity index (χ1v) is 5.52. The molecule has 1 heterocycles. The molecule has 0 unspecified atom stereocenters. The van der Waals surface area contributed by atoms with Crippen LogP contribution in [0, 0.1) is 0 Å². The molecule has 1 aromatic rings. The Labute approximate surface area is 88.0 Å². The lowest BCUT2D eigenvalue weighted by atomic mass is 10.3. The van der Waals surface area contributed by atoms with Crippen LogP contribution in [0.2, 0.25) is 5.15 Å². The molecule has 1 rings (SSSR count). The van der Waals surface area contributed by atoms with Crippen LogP contribution in [-0.4, -0.2) is 21.3 Å². The summed E-state index contributed by atoms with van der Waals surface area (Å²) in [5, 5.41) is 0.521. The molecule has 0 saturated heterocycles. The molecule has 74 valence electrons. The summed E-state index contributed by atoms with van der Waals surface area (Å²) in [6, 6.07) is 0.418. The number of nitrogens with zero attached hydrogens (tertiary/aromatic N) is 3. The Morgan fingerprint density at radius 3 is 2.54 bits per heavy atom. The number of anilines is 1. The largest absolute Gasteiger partial charge is 0.351 e. The van der Waals surface area contributed by atoms with Crippen molar-refractivity contribution in [1.82, 2.24) is 8.75 Å². The fourth-order valence-corrected chi connectivity index (χ4v) is 1.95. The van der Waals surface area contributed by atoms with Gasteiger partial charge >= 0.3 is 0 Å². The van der Waals surface area contributed by atoms with Crippen molar-refractivity contribution in [3.8, 4) is 0 Å². The Balaban J connectivity index is 2.82. The molecule has 0 aliphatic carbocycles. The van der Waals surface area contributed by atoms with Gasteiger partial charge in [0.15, 0.2) is 11.0 Å². The summed E-state index contributed by atoms with van der Waals surface area (Å²) < 4.78 is 8.14. The van der Waals surface area contributed by atoms with Crippen LogP contribution in [-0.2, 0) is 0 Å². The zero-order valence-corrected chi connectivity index (χ0v) is 9.69. The van der Waals surface area contributed by atoms with Crippen LogP contribution in [0.15, 0.2) is 0 Å². The predicted molar refractivity (Wildman–Crippen MR) is 57.7 cm³/mol. The van der Waals surface area contributed by atoms with Crippen molar-refractivity contribution in [2.75, 3.05) is 11.4 Å². The highest BCUT2D eigenvalue weighted by Crippen LogP contribution is 2.24. The molecular weight excluding hydrogens is 206 g/mol. The van der Waals surface area contributed by atoms with Gasteiger partial charge in [0.1, 0.15) is 0 Å². The Kier molecular flexibility index (Phi) is 3.93. The third-order valence-corrected chi connectivity index (χ3v) is 2.67. The first-order chi connectivity index (χ1) is 6.16. The van der Waals surface area contributed by atoms with Gasteiger partial charge in [-0.2, -0.15) is 8.75 Å². The molecule has 0 spiro atoms. The lowest BCUT2D eigenvalue weighted by Crippen LogP contribution is -2.31. The maximum absolute atomic E-state index is 5.91. The summed E-state index contributed by atoms with van der Waals surface area (Å²) in [5.74, 6) is 0.823. The van der Waals surface area contributed by atoms with E-state index in [1.165, 1.54) is 0 Å². The third kappa shape index (κ3) is 2.54. The molecule has 3 nitrogen and oxygen atoms in total. The van der Waals surface area contributed by atoms with Crippen molar-refractivity contribution in [2.24, 2.45) is 0 Å². The van der Waals surface area contributed by atoms with Crippen LogP contribution >= 0.6 is 23.3 Å². The van der Waals surface area contributed by atoms with E-state index in [2.05, 4.69) is 34.4 Å². The second kappa shape index (κ2) is 4.77. The van der Waals surface area contributed by atoms with Crippen LogP contribution in [0.5, 0.6) is 0 Å². The van der Waals surface area contributed by atoms with Crippen LogP contribution in [0.3, 0.4) is 0 Å². The molecule has 0 fully saturated rings. The van der Waals surface area contributed by atoms with Crippen LogP contribution in [0.25, 0.3) is 0 Å². The highest BCUT2D eigenvalue weighted by molar-refractivity contribution is 6.99. The third-order valence-electron chi connectivity index (χ3n) is 1.79. The maximum atomic E-state index is 5.91. The highest BCUT2D eigenvalue weighted by atomic mass is 35.5. The van der Waals surface area contributed by atoms with Crippen molar-refractivity contribution in [3.63, 3.8) is 0 Å². The van der Waals surface area contributed by atoms with Gasteiger partial charge in [0.05, 0.1) is 11.7 Å². The van der Waals surface area contributed by atoms with Gasteiger partial charge in [-0.3, -0.25) is 0 Å². The molecule has 0 amide bonds. The van der Waals surface area contributed by atoms with Gasteiger partial charge in [-0.05, 0) is 20.3 Å². The topological polar surface area (TPSA) is 29.0 Å². The monoisotopic (exact) mass is 219 g/mol. The second-order valence-corrected chi connectivity index (χ2v) is 4.05. The number of aromatic nitrogens is 2. The summed E-state index contributed by atoms with van der Waals surface area (Å²) in [5.41, 5.74) is 0. The van der Waals surface area contributed by atoms with Crippen molar-refractivity contribution in [2.45, 2.75) is 33.2 Å². The first-order valence-electron chi connectivity index (χ1n) is 4.41. The van der Waals surface area contributed by atoms with E-state index < -0.39 is 0 Å². The van der Waals surface area contributed by atoms with E-state index in [0.717, 1.165) is 30.5 Å². The van der Waals surface area contributed by atoms with E-state index in [0.29, 0.717) is 11.2 Å². The first kappa shape index (κ1) is 10.7. The molecule has 0 aromatic carbocycles. The molecule has 0 aliphatic heterocycles. The number of halogens is 1. The standard InChI is InChI=1S/C8H14ClN3S/c1-4-5-12(6(2)3)8-7(9)10-13-11-8/h6H,4-5H2,1-3H3. The van der Waals surface area contributed by atoms with Crippen molar-refractivity contribution < 1.29 is 0 Å². The van der Waals surface area contributed by atoms with Crippen molar-refractivity contribution in [1.29, 1.82) is 0 Å². The van der Waals surface area contributed by atoms with Crippen LogP contribution < -0.4 is 4.90 Å². The Morgan fingerprint density at radius 1 is 1.46 bits per heavy atom. The molecule has 0 radical (unpaired) electrons. The quantitative estimate of drug-likeness (QED) is 0.780. The average molecular weight is 220 g/mol. The van der Waals surface area contributed by atoms with Gasteiger partial charge in [-0.25, -0.2) is 0 Å². The summed E-state index contributed by atoms with van der Waals surface area (Å²) in [6.45, 7) is 7.38. The van der Waals surface area contributed by atoms with Gasteiger partial charge in [0, 0.05) is 12.6 Å². The average Bonchev–Trinajstić information content (AvgIpc) is 2.47. The van der Waals surface area contributed by atoms with Gasteiger partial charge in [-0.1, -0.05) is 18.5 Å². The van der Waals surface area contributed by atoms with Crippen molar-refractivity contribution >= 4 is 29.1 Å². The van der Waals surface area contributed by atoms with Gasteiger partial charge < -0.3 is 4.90 Å². The minimum absolute atomic E-state index is 0.418. The zero-order valence-electron chi connectivity index (χ0n) is 8.12. The summed E-state index contributed by atoms with van der Waals surface area (Å²) in [7, 11) is 0. The Bertz CT molecular complexity index is 262. The number of hydrogen-bond acceptors (Lipinski definition) is 4. The SMILES string of the molecule is CCCN(c1nsnc1Cl)C(C)C. The van der Waals surface area contributed by atoms with E-state index in [1.54, 1.807) is 0 Å². The minimum atomic E-state index is 0.418. The van der Waals surface area contributed by atoms with Crippen LogP contribution in [0.1, 0.15) is 27.2 Å². The van der Waals surface area contributed by atoms with E-state index in [-0.39, 0.29) is 0 Å². The molecule has 13 heavy (non-hydrogen) atoms. The molecular formula is C8H14ClN3S. The van der Waals surface area contributed by atoms with Crippen LogP contribution in [0.4, 0.5) is 5.82 Å². The fraction of sp³-hybridized carbons (Fsp3) is 0.750. The van der Waals surface area contributed by atoms with E-state index in [9.17, 15) is 0 Å². The highest BCUT2D eigenvalue weighted by Gasteiger charge is 2.16. The maximum Gasteiger partial charge on any atom is 0.187 e. The predicted octanol–water partition coefficient (Wildman–Crippen LogP) is 2.82. The Hall–Kier alpha value is -0.350. The fourth-order valence-electron chi connectivity index (χ4n) is 1.19. The number of hydrogen-bond donors (Lipinski definition) is 0. The molecule has 0 N–H and O–H groups in total. The van der Waals surface area contributed by atoms with Gasteiger partial charge in [0.2, 0.25) is 0 Å². The molecule has 0 atom stereocenters. The zero-order chi connectivity index (χ0) is 9.84. The van der Waals surface area contributed by atoms with E-state index in [4.69, 9.17) is 11.6 Å². The van der Waals surface area contributed by atoms with E-state index >= 15 is 0 Å². The van der Waals surface area contributed by atoms with Gasteiger partial charge in [-0.15, -0.1) is 0 Å².